The van der Waals surface area contributed by atoms with E-state index < -0.39 is 0 Å². The molecule has 104 valence electrons. The lowest BCUT2D eigenvalue weighted by atomic mass is 9.65. The lowest BCUT2D eigenvalue weighted by Crippen LogP contribution is -2.38. The Kier molecular flexibility index (Phi) is 3.85. The maximum atomic E-state index is 12.4. The first-order valence-electron chi connectivity index (χ1n) is 7.43. The van der Waals surface area contributed by atoms with Crippen LogP contribution in [-0.2, 0) is 10.2 Å². The Bertz CT molecular complexity index is 484. The van der Waals surface area contributed by atoms with E-state index in [4.69, 9.17) is 0 Å². The fourth-order valence-electron chi connectivity index (χ4n) is 3.31. The molecule has 0 heterocycles. The van der Waals surface area contributed by atoms with Gasteiger partial charge in [-0.2, -0.15) is 0 Å². The summed E-state index contributed by atoms with van der Waals surface area (Å²) in [5, 5.41) is 0. The summed E-state index contributed by atoms with van der Waals surface area (Å²) in [5.74, 6) is 1.21. The number of Topliss-reactive ketones (excluding diaryl/α,β-unsaturated/α-hetero) is 1. The lowest BCUT2D eigenvalue weighted by molar-refractivity contribution is -0.128. The molecule has 1 aromatic carbocycles. The van der Waals surface area contributed by atoms with Crippen molar-refractivity contribution < 1.29 is 4.79 Å². The van der Waals surface area contributed by atoms with Crippen LogP contribution in [0.3, 0.4) is 0 Å². The van der Waals surface area contributed by atoms with Gasteiger partial charge >= 0.3 is 0 Å². The van der Waals surface area contributed by atoms with Gasteiger partial charge in [0.25, 0.3) is 0 Å². The topological polar surface area (TPSA) is 17.1 Å². The molecule has 1 aliphatic carbocycles. The van der Waals surface area contributed by atoms with Crippen LogP contribution in [0.25, 0.3) is 0 Å². The maximum Gasteiger partial charge on any atom is 0.137 e. The van der Waals surface area contributed by atoms with Gasteiger partial charge in [0.1, 0.15) is 5.78 Å². The molecule has 0 spiro atoms. The van der Waals surface area contributed by atoms with Gasteiger partial charge in [-0.1, -0.05) is 39.0 Å². The van der Waals surface area contributed by atoms with Crippen molar-refractivity contribution in [3.8, 4) is 0 Å². The second-order valence-corrected chi connectivity index (χ2v) is 6.93. The highest BCUT2D eigenvalue weighted by atomic mass is 16.1. The molecular weight excluding hydrogens is 232 g/mol. The van der Waals surface area contributed by atoms with Gasteiger partial charge in [-0.25, -0.2) is 0 Å². The monoisotopic (exact) mass is 258 g/mol. The van der Waals surface area contributed by atoms with E-state index in [1.807, 2.05) is 0 Å². The molecule has 2 rings (SSSR count). The minimum absolute atomic E-state index is 0.0459. The third kappa shape index (κ3) is 2.75. The lowest BCUT2D eigenvalue weighted by Gasteiger charge is -2.38. The summed E-state index contributed by atoms with van der Waals surface area (Å²) in [6.07, 6.45) is 2.99. The van der Waals surface area contributed by atoms with Gasteiger partial charge in [-0.15, -0.1) is 0 Å². The Hall–Kier alpha value is -1.11. The minimum Gasteiger partial charge on any atom is -0.299 e. The van der Waals surface area contributed by atoms with Crippen molar-refractivity contribution in [2.75, 3.05) is 0 Å². The minimum atomic E-state index is -0.0459. The van der Waals surface area contributed by atoms with Crippen LogP contribution in [-0.4, -0.2) is 5.78 Å². The van der Waals surface area contributed by atoms with E-state index in [1.54, 1.807) is 0 Å². The molecule has 0 aromatic heterocycles. The van der Waals surface area contributed by atoms with Gasteiger partial charge in [0.15, 0.2) is 0 Å². The Morgan fingerprint density at radius 1 is 1.11 bits per heavy atom. The van der Waals surface area contributed by atoms with Crippen molar-refractivity contribution in [3.05, 3.63) is 34.9 Å². The highest BCUT2D eigenvalue weighted by Gasteiger charge is 2.39. The fraction of sp³-hybridized carbons (Fsp3) is 0.611. The number of ketones is 1. The quantitative estimate of drug-likeness (QED) is 0.758. The summed E-state index contributed by atoms with van der Waals surface area (Å²) in [6.45, 7) is 10.9. The molecule has 1 nitrogen and oxygen atoms in total. The van der Waals surface area contributed by atoms with Crippen molar-refractivity contribution in [2.45, 2.75) is 59.3 Å². The SMILES string of the molecule is Cc1ccc(C(C)(C)C2CCC(C)CC2=O)cc1C. The molecule has 0 radical (unpaired) electrons. The number of hydrogen-bond donors (Lipinski definition) is 0. The molecule has 0 amide bonds. The number of benzene rings is 1. The number of hydrogen-bond acceptors (Lipinski definition) is 1. The predicted octanol–water partition coefficient (Wildman–Crippen LogP) is 4.59. The van der Waals surface area contributed by atoms with E-state index in [9.17, 15) is 4.79 Å². The van der Waals surface area contributed by atoms with Gasteiger partial charge in [0.2, 0.25) is 0 Å². The fourth-order valence-corrected chi connectivity index (χ4v) is 3.31. The van der Waals surface area contributed by atoms with E-state index in [0.29, 0.717) is 11.7 Å². The first-order chi connectivity index (χ1) is 8.82. The van der Waals surface area contributed by atoms with E-state index in [1.165, 1.54) is 23.1 Å². The van der Waals surface area contributed by atoms with Crippen molar-refractivity contribution in [1.29, 1.82) is 0 Å². The van der Waals surface area contributed by atoms with Gasteiger partial charge < -0.3 is 0 Å². The third-order valence-corrected chi connectivity index (χ3v) is 5.01. The Labute approximate surface area is 117 Å². The summed E-state index contributed by atoms with van der Waals surface area (Å²) in [5.41, 5.74) is 3.91. The zero-order valence-electron chi connectivity index (χ0n) is 12.9. The van der Waals surface area contributed by atoms with E-state index in [-0.39, 0.29) is 11.3 Å². The first kappa shape index (κ1) is 14.3. The first-order valence-corrected chi connectivity index (χ1v) is 7.43. The Balaban J connectivity index is 2.30. The maximum absolute atomic E-state index is 12.4. The number of carbonyl (C=O) groups is 1. The van der Waals surface area contributed by atoms with E-state index >= 15 is 0 Å². The van der Waals surface area contributed by atoms with Crippen LogP contribution >= 0.6 is 0 Å². The number of aryl methyl sites for hydroxylation is 2. The van der Waals surface area contributed by atoms with Gasteiger partial charge in [-0.3, -0.25) is 4.79 Å². The molecule has 2 unspecified atom stereocenters. The van der Waals surface area contributed by atoms with Crippen LogP contribution in [0, 0.1) is 25.7 Å². The van der Waals surface area contributed by atoms with E-state index in [0.717, 1.165) is 12.8 Å². The summed E-state index contributed by atoms with van der Waals surface area (Å²) in [4.78, 5) is 12.4. The molecule has 0 saturated heterocycles. The van der Waals surface area contributed by atoms with Gasteiger partial charge in [-0.05, 0) is 54.7 Å². The van der Waals surface area contributed by atoms with Crippen molar-refractivity contribution in [1.82, 2.24) is 0 Å². The summed E-state index contributed by atoms with van der Waals surface area (Å²) >= 11 is 0. The van der Waals surface area contributed by atoms with Crippen LogP contribution in [0.5, 0.6) is 0 Å². The van der Waals surface area contributed by atoms with Crippen LogP contribution < -0.4 is 0 Å². The van der Waals surface area contributed by atoms with Crippen molar-refractivity contribution in [3.63, 3.8) is 0 Å². The Morgan fingerprint density at radius 3 is 2.37 bits per heavy atom. The summed E-state index contributed by atoms with van der Waals surface area (Å²) in [7, 11) is 0. The molecular formula is C18H26O. The molecule has 2 atom stereocenters. The molecule has 1 fully saturated rings. The van der Waals surface area contributed by atoms with Crippen LogP contribution in [0.2, 0.25) is 0 Å². The average molecular weight is 258 g/mol. The van der Waals surface area contributed by atoms with Crippen molar-refractivity contribution in [2.24, 2.45) is 11.8 Å². The third-order valence-electron chi connectivity index (χ3n) is 5.01. The normalized spacial score (nSPS) is 24.6. The number of rotatable bonds is 2. The molecule has 0 bridgehead atoms. The number of carbonyl (C=O) groups excluding carboxylic acids is 1. The molecule has 1 aromatic rings. The Morgan fingerprint density at radius 2 is 1.79 bits per heavy atom. The smallest absolute Gasteiger partial charge is 0.137 e. The molecule has 19 heavy (non-hydrogen) atoms. The summed E-state index contributed by atoms with van der Waals surface area (Å²) in [6, 6.07) is 6.65. The second kappa shape index (κ2) is 5.11. The standard InChI is InChI=1S/C18H26O/c1-12-6-9-16(17(19)10-12)18(4,5)15-8-7-13(2)14(3)11-15/h7-8,11-12,16H,6,9-10H2,1-5H3. The largest absolute Gasteiger partial charge is 0.299 e. The molecule has 1 aliphatic rings. The molecule has 1 saturated carbocycles. The zero-order valence-corrected chi connectivity index (χ0v) is 12.9. The highest BCUT2D eigenvalue weighted by Crippen LogP contribution is 2.40. The van der Waals surface area contributed by atoms with Crippen LogP contribution in [0.15, 0.2) is 18.2 Å². The van der Waals surface area contributed by atoms with Gasteiger partial charge in [0.05, 0.1) is 0 Å². The molecule has 1 heteroatoms. The zero-order chi connectivity index (χ0) is 14.2. The summed E-state index contributed by atoms with van der Waals surface area (Å²) < 4.78 is 0. The average Bonchev–Trinajstić information content (AvgIpc) is 2.32. The molecule has 0 aliphatic heterocycles. The highest BCUT2D eigenvalue weighted by molar-refractivity contribution is 5.83. The van der Waals surface area contributed by atoms with Crippen LogP contribution in [0.4, 0.5) is 0 Å². The molecule has 0 N–H and O–H groups in total. The second-order valence-electron chi connectivity index (χ2n) is 6.93. The van der Waals surface area contributed by atoms with Crippen LogP contribution in [0.1, 0.15) is 56.7 Å². The van der Waals surface area contributed by atoms with Gasteiger partial charge in [0, 0.05) is 12.3 Å². The van der Waals surface area contributed by atoms with E-state index in [2.05, 4.69) is 52.8 Å². The van der Waals surface area contributed by atoms with Crippen molar-refractivity contribution >= 4 is 5.78 Å². The predicted molar refractivity (Wildman–Crippen MR) is 80.5 cm³/mol.